The van der Waals surface area contributed by atoms with Gasteiger partial charge in [-0.1, -0.05) is 42.5 Å². The van der Waals surface area contributed by atoms with Crippen molar-refractivity contribution in [2.24, 2.45) is 14.1 Å². The standard InChI is InChI=1S/C29H25N3O5/c1-15-12-13-21-19(14-15)32-23(17-9-6-5-8-16(17)2)22-24(30(3)29(36)31(4)28(22)35)25(32)27(37-21)18-10-7-11-20(33)26(18)34/h5-14,27,33-34H,1-4H3/t27-/m1/s1. The highest BCUT2D eigenvalue weighted by molar-refractivity contribution is 5.99. The molecule has 0 spiro atoms. The van der Waals surface area contributed by atoms with Crippen LogP contribution in [0.5, 0.6) is 17.2 Å². The van der Waals surface area contributed by atoms with Gasteiger partial charge in [0.2, 0.25) is 0 Å². The molecule has 2 aromatic heterocycles. The first-order chi connectivity index (χ1) is 17.7. The number of aryl methyl sites for hydroxylation is 3. The lowest BCUT2D eigenvalue weighted by Crippen LogP contribution is -2.37. The number of rotatable bonds is 2. The minimum Gasteiger partial charge on any atom is -0.504 e. The van der Waals surface area contributed by atoms with E-state index in [1.54, 1.807) is 19.2 Å². The molecule has 1 atom stereocenters. The zero-order valence-corrected chi connectivity index (χ0v) is 20.8. The molecule has 8 heteroatoms. The Morgan fingerprint density at radius 3 is 2.41 bits per heavy atom. The maximum Gasteiger partial charge on any atom is 0.331 e. The van der Waals surface area contributed by atoms with Gasteiger partial charge in [-0.25, -0.2) is 4.79 Å². The van der Waals surface area contributed by atoms with Crippen LogP contribution in [-0.2, 0) is 14.1 Å². The summed E-state index contributed by atoms with van der Waals surface area (Å²) in [6, 6.07) is 18.2. The van der Waals surface area contributed by atoms with Crippen LogP contribution in [0.25, 0.3) is 27.8 Å². The number of phenolic OH excluding ortho intramolecular Hbond substituents is 2. The van der Waals surface area contributed by atoms with Gasteiger partial charge in [0, 0.05) is 25.2 Å². The number of hydrogen-bond donors (Lipinski definition) is 2. The van der Waals surface area contributed by atoms with Crippen molar-refractivity contribution in [3.05, 3.63) is 104 Å². The SMILES string of the molecule is Cc1ccc2c(c1)-n1c(-c3ccccc3C)c3c(=O)n(C)c(=O)n(C)c3c1[C@@H](c1cccc(O)c1O)O2. The Hall–Kier alpha value is -4.72. The summed E-state index contributed by atoms with van der Waals surface area (Å²) in [5.41, 5.74) is 4.48. The van der Waals surface area contributed by atoms with Gasteiger partial charge in [-0.2, -0.15) is 0 Å². The highest BCUT2D eigenvalue weighted by Crippen LogP contribution is 2.49. The monoisotopic (exact) mass is 495 g/mol. The van der Waals surface area contributed by atoms with Crippen molar-refractivity contribution in [3.63, 3.8) is 0 Å². The zero-order chi connectivity index (χ0) is 26.2. The number of phenols is 2. The molecule has 6 rings (SSSR count). The van der Waals surface area contributed by atoms with Crippen LogP contribution in [0, 0.1) is 13.8 Å². The molecular weight excluding hydrogens is 470 g/mol. The lowest BCUT2D eigenvalue weighted by atomic mass is 10.0. The van der Waals surface area contributed by atoms with Crippen molar-refractivity contribution in [1.29, 1.82) is 0 Å². The molecule has 0 unspecified atom stereocenters. The minimum atomic E-state index is -0.916. The van der Waals surface area contributed by atoms with Crippen LogP contribution in [0.15, 0.2) is 70.3 Å². The van der Waals surface area contributed by atoms with E-state index in [1.165, 1.54) is 17.7 Å². The molecule has 0 amide bonds. The molecule has 0 saturated carbocycles. The van der Waals surface area contributed by atoms with Gasteiger partial charge in [0.1, 0.15) is 5.75 Å². The maximum absolute atomic E-state index is 13.8. The summed E-state index contributed by atoms with van der Waals surface area (Å²) < 4.78 is 11.0. The third kappa shape index (κ3) is 3.08. The Labute approximate surface area is 211 Å². The van der Waals surface area contributed by atoms with Crippen LogP contribution < -0.4 is 16.0 Å². The number of aromatic nitrogens is 3. The Balaban J connectivity index is 1.91. The third-order valence-corrected chi connectivity index (χ3v) is 7.19. The zero-order valence-electron chi connectivity index (χ0n) is 20.8. The molecule has 3 heterocycles. The van der Waals surface area contributed by atoms with Gasteiger partial charge in [0.15, 0.2) is 17.6 Å². The summed E-state index contributed by atoms with van der Waals surface area (Å²) in [6.45, 7) is 3.95. The fourth-order valence-corrected chi connectivity index (χ4v) is 5.34. The van der Waals surface area contributed by atoms with E-state index in [9.17, 15) is 19.8 Å². The number of ether oxygens (including phenoxy) is 1. The van der Waals surface area contributed by atoms with Crippen molar-refractivity contribution in [2.45, 2.75) is 20.0 Å². The summed E-state index contributed by atoms with van der Waals surface area (Å²) in [5.74, 6) is -0.0693. The van der Waals surface area contributed by atoms with Crippen LogP contribution >= 0.6 is 0 Å². The number of nitrogens with zero attached hydrogens (tertiary/aromatic N) is 3. The van der Waals surface area contributed by atoms with E-state index in [-0.39, 0.29) is 11.5 Å². The van der Waals surface area contributed by atoms with Crippen LogP contribution in [0.3, 0.4) is 0 Å². The summed E-state index contributed by atoms with van der Waals surface area (Å²) >= 11 is 0. The molecule has 0 radical (unpaired) electrons. The van der Waals surface area contributed by atoms with E-state index >= 15 is 0 Å². The average Bonchev–Trinajstić information content (AvgIpc) is 3.24. The predicted molar refractivity (Wildman–Crippen MR) is 141 cm³/mol. The van der Waals surface area contributed by atoms with Gasteiger partial charge in [-0.05, 0) is 43.2 Å². The second kappa shape index (κ2) is 7.89. The maximum atomic E-state index is 13.8. The van der Waals surface area contributed by atoms with Crippen LogP contribution in [0.4, 0.5) is 0 Å². The largest absolute Gasteiger partial charge is 0.504 e. The first-order valence-electron chi connectivity index (χ1n) is 11.9. The lowest BCUT2D eigenvalue weighted by molar-refractivity contribution is 0.223. The Bertz CT molecular complexity index is 1880. The van der Waals surface area contributed by atoms with Gasteiger partial charge >= 0.3 is 5.69 Å². The van der Waals surface area contributed by atoms with E-state index in [0.29, 0.717) is 33.6 Å². The first kappa shape index (κ1) is 22.7. The number of para-hydroxylation sites is 1. The number of benzene rings is 3. The minimum absolute atomic E-state index is 0.290. The fourth-order valence-electron chi connectivity index (χ4n) is 5.34. The molecule has 1 aliphatic rings. The summed E-state index contributed by atoms with van der Waals surface area (Å²) in [7, 11) is 3.09. The molecular formula is C29H25N3O5. The van der Waals surface area contributed by atoms with Crippen LogP contribution in [0.2, 0.25) is 0 Å². The quantitative estimate of drug-likeness (QED) is 0.358. The van der Waals surface area contributed by atoms with Crippen molar-refractivity contribution in [1.82, 2.24) is 13.7 Å². The normalized spacial score (nSPS) is 14.3. The fraction of sp³-hybridized carbons (Fsp3) is 0.172. The third-order valence-electron chi connectivity index (χ3n) is 7.19. The number of fused-ring (bicyclic) bond motifs is 5. The van der Waals surface area contributed by atoms with Gasteiger partial charge in [0.05, 0.1) is 28.0 Å². The number of hydrogen-bond acceptors (Lipinski definition) is 5. The van der Waals surface area contributed by atoms with Gasteiger partial charge in [-0.3, -0.25) is 13.9 Å². The average molecular weight is 496 g/mol. The molecule has 5 aromatic rings. The van der Waals surface area contributed by atoms with Crippen molar-refractivity contribution in [3.8, 4) is 34.2 Å². The van der Waals surface area contributed by atoms with Gasteiger partial charge < -0.3 is 19.5 Å². The van der Waals surface area contributed by atoms with E-state index < -0.39 is 17.4 Å². The van der Waals surface area contributed by atoms with E-state index in [0.717, 1.165) is 26.9 Å². The molecule has 0 saturated heterocycles. The molecule has 8 nitrogen and oxygen atoms in total. The Morgan fingerprint density at radius 1 is 0.892 bits per heavy atom. The topological polar surface area (TPSA) is 98.6 Å². The number of aromatic hydroxyl groups is 2. The van der Waals surface area contributed by atoms with Gasteiger partial charge in [-0.15, -0.1) is 0 Å². The van der Waals surface area contributed by atoms with Crippen LogP contribution in [-0.4, -0.2) is 23.9 Å². The summed E-state index contributed by atoms with van der Waals surface area (Å²) in [6.07, 6.45) is -0.916. The summed E-state index contributed by atoms with van der Waals surface area (Å²) in [5, 5.41) is 21.5. The van der Waals surface area contributed by atoms with Crippen molar-refractivity contribution in [2.75, 3.05) is 0 Å². The van der Waals surface area contributed by atoms with E-state index in [4.69, 9.17) is 4.74 Å². The van der Waals surface area contributed by atoms with Crippen LogP contribution in [0.1, 0.15) is 28.5 Å². The Morgan fingerprint density at radius 2 is 1.65 bits per heavy atom. The molecule has 1 aliphatic heterocycles. The predicted octanol–water partition coefficient (Wildman–Crippen LogP) is 4.20. The second-order valence-electron chi connectivity index (χ2n) is 9.50. The molecule has 2 N–H and O–H groups in total. The molecule has 0 aliphatic carbocycles. The van der Waals surface area contributed by atoms with Crippen molar-refractivity contribution < 1.29 is 14.9 Å². The highest BCUT2D eigenvalue weighted by Gasteiger charge is 2.37. The molecule has 186 valence electrons. The summed E-state index contributed by atoms with van der Waals surface area (Å²) in [4.78, 5) is 26.9. The highest BCUT2D eigenvalue weighted by atomic mass is 16.5. The molecule has 37 heavy (non-hydrogen) atoms. The lowest BCUT2D eigenvalue weighted by Gasteiger charge is -2.31. The molecule has 0 bridgehead atoms. The first-order valence-corrected chi connectivity index (χ1v) is 11.9. The smallest absolute Gasteiger partial charge is 0.331 e. The van der Waals surface area contributed by atoms with Gasteiger partial charge in [0.25, 0.3) is 5.56 Å². The Kier molecular flexibility index (Phi) is 4.85. The van der Waals surface area contributed by atoms with E-state index in [2.05, 4.69) is 0 Å². The molecule has 3 aromatic carbocycles. The van der Waals surface area contributed by atoms with E-state index in [1.807, 2.05) is 60.9 Å². The molecule has 0 fully saturated rings. The second-order valence-corrected chi connectivity index (χ2v) is 9.50. The van der Waals surface area contributed by atoms with Crippen molar-refractivity contribution >= 4 is 10.9 Å².